The van der Waals surface area contributed by atoms with Crippen LogP contribution in [-0.4, -0.2) is 83.1 Å². The summed E-state index contributed by atoms with van der Waals surface area (Å²) >= 11 is 3.33. The van der Waals surface area contributed by atoms with Gasteiger partial charge in [-0.15, -0.1) is 33.3 Å². The highest BCUT2D eigenvalue weighted by Gasteiger charge is 2.54. The summed E-state index contributed by atoms with van der Waals surface area (Å²) in [6, 6.07) is 2.06. The van der Waals surface area contributed by atoms with Crippen LogP contribution in [0.1, 0.15) is 16.7 Å². The zero-order chi connectivity index (χ0) is 25.3. The minimum atomic E-state index is -1.48. The molecule has 0 bridgehead atoms. The molecule has 0 saturated carbocycles. The first-order chi connectivity index (χ1) is 16.7. The normalized spacial score (nSPS) is 20.1. The summed E-state index contributed by atoms with van der Waals surface area (Å²) in [4.78, 5) is 61.2. The first-order valence-corrected chi connectivity index (χ1v) is 12.7. The number of hydrogen-bond donors (Lipinski definition) is 4. The van der Waals surface area contributed by atoms with Crippen LogP contribution in [-0.2, 0) is 30.4 Å². The van der Waals surface area contributed by atoms with Crippen molar-refractivity contribution < 1.29 is 43.7 Å². The quantitative estimate of drug-likeness (QED) is 0.184. The molecule has 35 heavy (non-hydrogen) atoms. The van der Waals surface area contributed by atoms with E-state index in [1.54, 1.807) is 11.4 Å². The van der Waals surface area contributed by atoms with Crippen molar-refractivity contribution in [2.45, 2.75) is 29.0 Å². The topological polar surface area (TPSA) is 200 Å². The molecule has 1 saturated heterocycles. The van der Waals surface area contributed by atoms with Gasteiger partial charge in [-0.2, -0.15) is 0 Å². The van der Waals surface area contributed by atoms with Crippen LogP contribution in [0.4, 0.5) is 0 Å². The lowest BCUT2D eigenvalue weighted by Crippen LogP contribution is -2.71. The number of nitrogens with zero attached hydrogens (tertiary/aromatic N) is 3. The molecule has 0 spiro atoms. The minimum Gasteiger partial charge on any atom is -0.481 e. The molecule has 2 amide bonds. The summed E-state index contributed by atoms with van der Waals surface area (Å²) in [5.74, 6) is -6.60. The van der Waals surface area contributed by atoms with E-state index in [1.807, 2.05) is 0 Å². The molecule has 0 radical (unpaired) electrons. The van der Waals surface area contributed by atoms with Crippen molar-refractivity contribution in [3.05, 3.63) is 39.6 Å². The van der Waals surface area contributed by atoms with Crippen LogP contribution in [0.3, 0.4) is 0 Å². The minimum absolute atomic E-state index is 0.0546. The molecule has 2 unspecified atom stereocenters. The van der Waals surface area contributed by atoms with Gasteiger partial charge in [0, 0.05) is 16.4 Å². The molecular formula is C19H16N4O9S3. The fourth-order valence-electron chi connectivity index (χ4n) is 3.50. The van der Waals surface area contributed by atoms with E-state index in [2.05, 4.69) is 15.5 Å². The number of rotatable bonds is 10. The van der Waals surface area contributed by atoms with E-state index in [0.29, 0.717) is 10.5 Å². The summed E-state index contributed by atoms with van der Waals surface area (Å²) in [6.45, 7) is 0. The lowest BCUT2D eigenvalue weighted by atomic mass is 10.0. The van der Waals surface area contributed by atoms with Crippen molar-refractivity contribution in [1.29, 1.82) is 0 Å². The summed E-state index contributed by atoms with van der Waals surface area (Å²) in [7, 11) is 0. The van der Waals surface area contributed by atoms with Gasteiger partial charge in [0.1, 0.15) is 23.5 Å². The Bertz CT molecular complexity index is 1230. The molecular weight excluding hydrogens is 524 g/mol. The molecule has 184 valence electrons. The number of thioether (sulfide) groups is 2. The number of aliphatic carboxylic acids is 3. The van der Waals surface area contributed by atoms with Crippen molar-refractivity contribution in [1.82, 2.24) is 20.4 Å². The fourth-order valence-corrected chi connectivity index (χ4v) is 6.58. The summed E-state index contributed by atoms with van der Waals surface area (Å²) in [5, 5.41) is 38.8. The molecule has 2 aliphatic rings. The third-order valence-electron chi connectivity index (χ3n) is 5.01. The number of thiophene rings is 1. The van der Waals surface area contributed by atoms with Crippen molar-refractivity contribution in [3.8, 4) is 0 Å². The summed E-state index contributed by atoms with van der Waals surface area (Å²) in [5.41, 5.74) is 0.178. The van der Waals surface area contributed by atoms with E-state index in [-0.39, 0.29) is 28.3 Å². The number of carboxylic acids is 3. The van der Waals surface area contributed by atoms with Gasteiger partial charge in [-0.1, -0.05) is 17.8 Å². The van der Waals surface area contributed by atoms with Gasteiger partial charge < -0.3 is 25.1 Å². The molecule has 0 aromatic carbocycles. The van der Waals surface area contributed by atoms with Gasteiger partial charge >= 0.3 is 17.9 Å². The van der Waals surface area contributed by atoms with Gasteiger partial charge in [0.05, 0.1) is 0 Å². The average molecular weight is 541 g/mol. The molecule has 2 aromatic heterocycles. The maximum atomic E-state index is 12.8. The lowest BCUT2D eigenvalue weighted by Gasteiger charge is -2.49. The van der Waals surface area contributed by atoms with Crippen LogP contribution in [0.15, 0.2) is 38.4 Å². The summed E-state index contributed by atoms with van der Waals surface area (Å²) < 4.78 is 5.21. The zero-order valence-electron chi connectivity index (χ0n) is 17.4. The number of carbonyl (C=O) groups excluding carboxylic acids is 2. The SMILES string of the molecule is O=C(O)Cc1nnc(SCC2=C(C(=O)O)N3C(=O)C(NC(=O)C(C(=O)O)c4cccs4)[C@@H]3SC2)o1. The smallest absolute Gasteiger partial charge is 0.352 e. The molecule has 1 fully saturated rings. The number of aromatic nitrogens is 2. The Balaban J connectivity index is 1.45. The third-order valence-corrected chi connectivity index (χ3v) is 8.19. The van der Waals surface area contributed by atoms with Gasteiger partial charge in [0.15, 0.2) is 5.92 Å². The summed E-state index contributed by atoms with van der Waals surface area (Å²) in [6.07, 6.45) is -0.446. The van der Waals surface area contributed by atoms with E-state index >= 15 is 0 Å². The fraction of sp³-hybridized carbons (Fsp3) is 0.316. The highest BCUT2D eigenvalue weighted by molar-refractivity contribution is 8.01. The number of nitrogens with one attached hydrogen (secondary N) is 1. The Morgan fingerprint density at radius 3 is 2.66 bits per heavy atom. The second-order valence-electron chi connectivity index (χ2n) is 7.26. The number of β-lactam (4-membered cyclic amide) rings is 1. The molecule has 4 N–H and O–H groups in total. The first-order valence-electron chi connectivity index (χ1n) is 9.81. The van der Waals surface area contributed by atoms with E-state index in [0.717, 1.165) is 28.0 Å². The van der Waals surface area contributed by atoms with Gasteiger partial charge in [-0.3, -0.25) is 24.1 Å². The molecule has 13 nitrogen and oxygen atoms in total. The average Bonchev–Trinajstić information content (AvgIpc) is 3.47. The second-order valence-corrected chi connectivity index (χ2v) is 10.3. The molecule has 3 atom stereocenters. The van der Waals surface area contributed by atoms with Crippen LogP contribution in [0.2, 0.25) is 0 Å². The standard InChI is InChI=1S/C19H16N4O9S3/c24-10(25)4-9-21-22-19(32-9)35-6-7-5-34-16-12(15(27)23(16)13(7)18(30)31)20-14(26)11(17(28)29)8-2-1-3-33-8/h1-3,11-12,16H,4-6H2,(H,20,26)(H,24,25)(H,28,29)(H,30,31)/t11?,12?,16-/m0/s1. The van der Waals surface area contributed by atoms with Gasteiger partial charge in [-0.25, -0.2) is 4.79 Å². The number of amides is 2. The highest BCUT2D eigenvalue weighted by atomic mass is 32.2. The Morgan fingerprint density at radius 1 is 1.26 bits per heavy atom. The van der Waals surface area contributed by atoms with Crippen LogP contribution >= 0.6 is 34.9 Å². The van der Waals surface area contributed by atoms with E-state index < -0.39 is 53.5 Å². The van der Waals surface area contributed by atoms with Crippen LogP contribution in [0, 0.1) is 0 Å². The van der Waals surface area contributed by atoms with E-state index in [4.69, 9.17) is 9.52 Å². The van der Waals surface area contributed by atoms with Crippen molar-refractivity contribution in [3.63, 3.8) is 0 Å². The third kappa shape index (κ3) is 5.03. The Kier molecular flexibility index (Phi) is 7.13. The number of carbonyl (C=O) groups is 5. The van der Waals surface area contributed by atoms with E-state index in [9.17, 15) is 34.2 Å². The maximum absolute atomic E-state index is 12.8. The van der Waals surface area contributed by atoms with Gasteiger partial charge in [-0.05, 0) is 17.0 Å². The van der Waals surface area contributed by atoms with Crippen LogP contribution in [0.25, 0.3) is 0 Å². The Labute approximate surface area is 208 Å². The number of hydrogen-bond acceptors (Lipinski definition) is 11. The molecule has 16 heteroatoms. The Morgan fingerprint density at radius 2 is 2.03 bits per heavy atom. The second kappa shape index (κ2) is 10.1. The molecule has 4 rings (SSSR count). The predicted octanol–water partition coefficient (Wildman–Crippen LogP) is 0.457. The van der Waals surface area contributed by atoms with Gasteiger partial charge in [0.25, 0.3) is 11.1 Å². The van der Waals surface area contributed by atoms with Crippen molar-refractivity contribution in [2.24, 2.45) is 0 Å². The van der Waals surface area contributed by atoms with E-state index in [1.165, 1.54) is 17.8 Å². The number of fused-ring (bicyclic) bond motifs is 1. The number of carboxylic acid groups (broad SMARTS) is 3. The van der Waals surface area contributed by atoms with Crippen molar-refractivity contribution >= 4 is 64.6 Å². The lowest BCUT2D eigenvalue weighted by molar-refractivity contribution is -0.152. The van der Waals surface area contributed by atoms with Crippen LogP contribution in [0.5, 0.6) is 0 Å². The van der Waals surface area contributed by atoms with Gasteiger partial charge in [0.2, 0.25) is 11.8 Å². The van der Waals surface area contributed by atoms with Crippen molar-refractivity contribution in [2.75, 3.05) is 11.5 Å². The zero-order valence-corrected chi connectivity index (χ0v) is 19.9. The molecule has 2 aromatic rings. The highest BCUT2D eigenvalue weighted by Crippen LogP contribution is 2.41. The monoisotopic (exact) mass is 540 g/mol. The molecule has 4 heterocycles. The largest absolute Gasteiger partial charge is 0.481 e. The molecule has 0 aliphatic carbocycles. The molecule has 2 aliphatic heterocycles. The first kappa shape index (κ1) is 24.7. The van der Waals surface area contributed by atoms with Crippen LogP contribution < -0.4 is 5.32 Å². The maximum Gasteiger partial charge on any atom is 0.352 e. The Hall–Kier alpha value is -3.37. The predicted molar refractivity (Wildman–Crippen MR) is 121 cm³/mol.